The largest absolute Gasteiger partial charge is 0.497 e. The van der Waals surface area contributed by atoms with Gasteiger partial charge in [0.1, 0.15) is 5.75 Å². The van der Waals surface area contributed by atoms with E-state index in [1.165, 1.54) is 27.8 Å². The Kier molecular flexibility index (Phi) is 8.15. The molecule has 0 unspecified atom stereocenters. The molecule has 0 radical (unpaired) electrons. The van der Waals surface area contributed by atoms with Crippen molar-refractivity contribution in [2.45, 2.75) is 24.4 Å². The lowest BCUT2D eigenvalue weighted by molar-refractivity contribution is 0.276. The molecule has 0 aliphatic carbocycles. The van der Waals surface area contributed by atoms with Crippen LogP contribution in [0, 0.1) is 6.92 Å². The van der Waals surface area contributed by atoms with Crippen molar-refractivity contribution in [3.8, 4) is 5.75 Å². The average molecular weight is 544 g/mol. The molecule has 0 fully saturated rings. The molecule has 0 bridgehead atoms. The molecule has 0 spiro atoms. The molecular formula is C26H26ClN3O4S2. The van der Waals surface area contributed by atoms with Crippen molar-refractivity contribution in [2.24, 2.45) is 0 Å². The number of halogens is 1. The topological polar surface area (TPSA) is 91.8 Å². The van der Waals surface area contributed by atoms with Gasteiger partial charge in [-0.3, -0.25) is 0 Å². The first-order valence-corrected chi connectivity index (χ1v) is 13.8. The molecule has 0 saturated heterocycles. The molecule has 3 aromatic carbocycles. The normalized spacial score (nSPS) is 12.2. The van der Waals surface area contributed by atoms with Crippen LogP contribution in [0.2, 0.25) is 5.02 Å². The van der Waals surface area contributed by atoms with Gasteiger partial charge in [0.05, 0.1) is 41.9 Å². The van der Waals surface area contributed by atoms with Crippen molar-refractivity contribution in [1.29, 1.82) is 0 Å². The zero-order valence-corrected chi connectivity index (χ0v) is 22.1. The summed E-state index contributed by atoms with van der Waals surface area (Å²) >= 11 is 7.76. The smallest absolute Gasteiger partial charge is 0.266 e. The third kappa shape index (κ3) is 5.65. The van der Waals surface area contributed by atoms with E-state index in [1.54, 1.807) is 30.8 Å². The number of rotatable bonds is 10. The highest BCUT2D eigenvalue weighted by molar-refractivity contribution is 7.93. The number of aromatic nitrogens is 1. The van der Waals surface area contributed by atoms with Crippen LogP contribution in [0.1, 0.15) is 22.7 Å². The lowest BCUT2D eigenvalue weighted by Crippen LogP contribution is -2.30. The summed E-state index contributed by atoms with van der Waals surface area (Å²) in [5.74, 6) is 0.700. The minimum Gasteiger partial charge on any atom is -0.497 e. The molecule has 2 N–H and O–H groups in total. The lowest BCUT2D eigenvalue weighted by Gasteiger charge is -2.24. The van der Waals surface area contributed by atoms with Gasteiger partial charge in [-0.05, 0) is 53.9 Å². The van der Waals surface area contributed by atoms with E-state index in [-0.39, 0.29) is 23.1 Å². The fourth-order valence-corrected chi connectivity index (χ4v) is 6.32. The van der Waals surface area contributed by atoms with Gasteiger partial charge in [-0.1, -0.05) is 48.0 Å². The van der Waals surface area contributed by atoms with Gasteiger partial charge in [0.15, 0.2) is 5.13 Å². The number of hydrogen-bond donors (Lipinski definition) is 2. The number of nitrogens with one attached hydrogen (secondary N) is 1. The second kappa shape index (κ2) is 11.3. The molecule has 0 aliphatic rings. The molecule has 1 aromatic heterocycles. The van der Waals surface area contributed by atoms with E-state index in [0.717, 1.165) is 16.7 Å². The van der Waals surface area contributed by atoms with Crippen LogP contribution < -0.4 is 14.4 Å². The average Bonchev–Trinajstić information content (AvgIpc) is 3.42. The highest BCUT2D eigenvalue weighted by Crippen LogP contribution is 2.33. The van der Waals surface area contributed by atoms with E-state index in [0.29, 0.717) is 16.6 Å². The number of benzene rings is 3. The minimum absolute atomic E-state index is 0.0414. The van der Waals surface area contributed by atoms with Gasteiger partial charge >= 0.3 is 0 Å². The molecule has 1 atom stereocenters. The summed E-state index contributed by atoms with van der Waals surface area (Å²) < 4.78 is 34.1. The zero-order chi connectivity index (χ0) is 25.7. The van der Waals surface area contributed by atoms with Gasteiger partial charge in [-0.2, -0.15) is 0 Å². The van der Waals surface area contributed by atoms with Crippen LogP contribution >= 0.6 is 22.9 Å². The Labute approximate surface area is 220 Å². The Morgan fingerprint density at radius 2 is 1.92 bits per heavy atom. The van der Waals surface area contributed by atoms with Crippen molar-refractivity contribution in [2.75, 3.05) is 23.3 Å². The van der Waals surface area contributed by atoms with Crippen LogP contribution in [-0.4, -0.2) is 32.2 Å². The van der Waals surface area contributed by atoms with E-state index in [1.807, 2.05) is 49.4 Å². The summed E-state index contributed by atoms with van der Waals surface area (Å²) in [6.07, 6.45) is 1.57. The molecule has 10 heteroatoms. The van der Waals surface area contributed by atoms with Crippen molar-refractivity contribution in [3.05, 3.63) is 100 Å². The van der Waals surface area contributed by atoms with E-state index >= 15 is 0 Å². The Morgan fingerprint density at radius 3 is 2.53 bits per heavy atom. The second-order valence-corrected chi connectivity index (χ2v) is 11.2. The molecule has 4 aromatic rings. The molecule has 0 amide bonds. The summed E-state index contributed by atoms with van der Waals surface area (Å²) in [5.41, 5.74) is 3.13. The third-order valence-electron chi connectivity index (χ3n) is 5.74. The Hall–Kier alpha value is -3.11. The van der Waals surface area contributed by atoms with Gasteiger partial charge in [0, 0.05) is 11.6 Å². The van der Waals surface area contributed by atoms with Gasteiger partial charge in [0.25, 0.3) is 10.0 Å². The Bertz CT molecular complexity index is 1410. The van der Waals surface area contributed by atoms with Gasteiger partial charge < -0.3 is 15.2 Å². The van der Waals surface area contributed by atoms with Crippen LogP contribution in [0.15, 0.2) is 83.2 Å². The first kappa shape index (κ1) is 26.0. The molecule has 7 nitrogen and oxygen atoms in total. The summed E-state index contributed by atoms with van der Waals surface area (Å²) in [5, 5.41) is 15.4. The first-order valence-electron chi connectivity index (χ1n) is 11.1. The lowest BCUT2D eigenvalue weighted by atomic mass is 10.1. The second-order valence-electron chi connectivity index (χ2n) is 8.05. The number of aliphatic hydroxyl groups is 1. The summed E-state index contributed by atoms with van der Waals surface area (Å²) in [6.45, 7) is 1.86. The monoisotopic (exact) mass is 543 g/mol. The molecule has 0 saturated carbocycles. The number of methoxy groups -OCH3 is 1. The fourth-order valence-electron chi connectivity index (χ4n) is 3.73. The number of sulfonamides is 1. The highest BCUT2D eigenvalue weighted by atomic mass is 35.5. The van der Waals surface area contributed by atoms with Crippen LogP contribution in [-0.2, 0) is 16.6 Å². The third-order valence-corrected chi connectivity index (χ3v) is 8.69. The van der Waals surface area contributed by atoms with Crippen molar-refractivity contribution < 1.29 is 18.3 Å². The number of ether oxygens (including phenoxy) is 1. The standard InChI is InChI=1S/C26H26ClN3O4S2/c1-18-14-21(34-2)9-8-20(18)16-30(26-28-12-13-35-26)36(32,33)22-10-11-24(23(27)15-22)29-25(17-31)19-6-4-3-5-7-19/h3-15,25,29,31H,16-17H2,1-2H3/t25-/m0/s1. The number of aliphatic hydroxyl groups excluding tert-OH is 1. The molecule has 0 aliphatic heterocycles. The Balaban J connectivity index is 1.65. The molecule has 4 rings (SSSR count). The predicted molar refractivity (Wildman–Crippen MR) is 145 cm³/mol. The van der Waals surface area contributed by atoms with Crippen molar-refractivity contribution in [1.82, 2.24) is 4.98 Å². The maximum atomic E-state index is 13.8. The minimum atomic E-state index is -3.99. The maximum Gasteiger partial charge on any atom is 0.266 e. The molecule has 188 valence electrons. The zero-order valence-electron chi connectivity index (χ0n) is 19.8. The fraction of sp³-hybridized carbons (Fsp3) is 0.192. The summed E-state index contributed by atoms with van der Waals surface area (Å²) in [6, 6.07) is 19.1. The van der Waals surface area contributed by atoms with E-state index in [9.17, 15) is 13.5 Å². The number of anilines is 2. The SMILES string of the molecule is COc1ccc(CN(c2nccs2)S(=O)(=O)c2ccc(N[C@@H](CO)c3ccccc3)c(Cl)c2)c(C)c1. The highest BCUT2D eigenvalue weighted by Gasteiger charge is 2.28. The number of thiazole rings is 1. The van der Waals surface area contributed by atoms with Crippen molar-refractivity contribution >= 4 is 43.8 Å². The van der Waals surface area contributed by atoms with Crippen LogP contribution in [0.3, 0.4) is 0 Å². The van der Waals surface area contributed by atoms with E-state index in [2.05, 4.69) is 10.3 Å². The van der Waals surface area contributed by atoms with Crippen molar-refractivity contribution in [3.63, 3.8) is 0 Å². The summed E-state index contributed by atoms with van der Waals surface area (Å²) in [7, 11) is -2.40. The van der Waals surface area contributed by atoms with Gasteiger partial charge in [-0.25, -0.2) is 17.7 Å². The number of hydrogen-bond acceptors (Lipinski definition) is 7. The Morgan fingerprint density at radius 1 is 1.14 bits per heavy atom. The number of aryl methyl sites for hydroxylation is 1. The molecule has 36 heavy (non-hydrogen) atoms. The van der Waals surface area contributed by atoms with Crippen LogP contribution in [0.5, 0.6) is 5.75 Å². The summed E-state index contributed by atoms with van der Waals surface area (Å²) in [4.78, 5) is 4.30. The maximum absolute atomic E-state index is 13.8. The first-order chi connectivity index (χ1) is 17.3. The molecular weight excluding hydrogens is 518 g/mol. The van der Waals surface area contributed by atoms with Crippen LogP contribution in [0.4, 0.5) is 10.8 Å². The van der Waals surface area contributed by atoms with E-state index < -0.39 is 16.1 Å². The van der Waals surface area contributed by atoms with Gasteiger partial charge in [0.2, 0.25) is 0 Å². The predicted octanol–water partition coefficient (Wildman–Crippen LogP) is 5.65. The van der Waals surface area contributed by atoms with Crippen LogP contribution in [0.25, 0.3) is 0 Å². The van der Waals surface area contributed by atoms with Gasteiger partial charge in [-0.15, -0.1) is 11.3 Å². The number of nitrogens with zero attached hydrogens (tertiary/aromatic N) is 2. The molecule has 1 heterocycles. The van der Waals surface area contributed by atoms with E-state index in [4.69, 9.17) is 16.3 Å². The quantitative estimate of drug-likeness (QED) is 0.268.